The van der Waals surface area contributed by atoms with Crippen molar-refractivity contribution in [3.05, 3.63) is 45.8 Å². The van der Waals surface area contributed by atoms with Crippen LogP contribution in [0.15, 0.2) is 29.8 Å². The number of hydrogen-bond acceptors (Lipinski definition) is 4. The average Bonchev–Trinajstić information content (AvgIpc) is 3.36. The third-order valence-corrected chi connectivity index (χ3v) is 10.1. The Bertz CT molecular complexity index is 1280. The number of rotatable bonds is 8. The first-order chi connectivity index (χ1) is 15.9. The number of thiophene rings is 1. The number of nitrogens with one attached hydrogen (secondary N) is 1. The molecule has 176 valence electrons. The Hall–Kier alpha value is -2.16. The Morgan fingerprint density at radius 1 is 1.15 bits per heavy atom. The molecule has 2 aliphatic rings. The molecule has 0 bridgehead atoms. The van der Waals surface area contributed by atoms with Gasteiger partial charge < -0.3 is 10.7 Å². The highest BCUT2D eigenvalue weighted by atomic mass is 32.2. The number of nitrogens with two attached hydrogens (primary N) is 1. The largest absolute Gasteiger partial charge is 0.366 e. The molecule has 5 rings (SSSR count). The molecule has 33 heavy (non-hydrogen) atoms. The first kappa shape index (κ1) is 22.6. The number of H-pyrrole nitrogens is 1. The number of aromatic nitrogens is 1. The van der Waals surface area contributed by atoms with Crippen LogP contribution in [0.25, 0.3) is 22.0 Å². The summed E-state index contributed by atoms with van der Waals surface area (Å²) in [6.07, 6.45) is 8.64. The topological polar surface area (TPSA) is 96.3 Å². The van der Waals surface area contributed by atoms with Crippen LogP contribution in [0.1, 0.15) is 65.7 Å². The summed E-state index contributed by atoms with van der Waals surface area (Å²) in [5.74, 6) is 0.853. The minimum Gasteiger partial charge on any atom is -0.366 e. The Labute approximate surface area is 199 Å². The molecule has 1 saturated carbocycles. The maximum Gasteiger partial charge on any atom is 0.250 e. The van der Waals surface area contributed by atoms with Crippen molar-refractivity contribution in [3.63, 3.8) is 0 Å². The third-order valence-electron chi connectivity index (χ3n) is 7.22. The van der Waals surface area contributed by atoms with E-state index in [4.69, 9.17) is 5.73 Å². The number of fused-ring (bicyclic) bond motifs is 1. The molecule has 3 N–H and O–H groups in total. The lowest BCUT2D eigenvalue weighted by Crippen LogP contribution is -2.38. The highest BCUT2D eigenvalue weighted by Crippen LogP contribution is 2.39. The number of amides is 1. The van der Waals surface area contributed by atoms with E-state index in [-0.39, 0.29) is 11.7 Å². The number of aryl methyl sites for hydroxylation is 1. The summed E-state index contributed by atoms with van der Waals surface area (Å²) in [4.78, 5) is 17.0. The molecule has 3 heterocycles. The van der Waals surface area contributed by atoms with E-state index in [1.54, 1.807) is 22.6 Å². The summed E-state index contributed by atoms with van der Waals surface area (Å²) >= 11 is 1.79. The molecular weight excluding hydrogens is 454 g/mol. The van der Waals surface area contributed by atoms with Crippen molar-refractivity contribution in [3.8, 4) is 11.1 Å². The number of aromatic amines is 1. The van der Waals surface area contributed by atoms with E-state index in [0.717, 1.165) is 52.8 Å². The number of sulfonamides is 1. The summed E-state index contributed by atoms with van der Waals surface area (Å²) in [7, 11) is -3.16. The van der Waals surface area contributed by atoms with Crippen molar-refractivity contribution in [1.82, 2.24) is 9.29 Å². The number of piperidine rings is 1. The van der Waals surface area contributed by atoms with Gasteiger partial charge in [-0.2, -0.15) is 0 Å². The zero-order valence-corrected chi connectivity index (χ0v) is 20.6. The van der Waals surface area contributed by atoms with Gasteiger partial charge in [-0.1, -0.05) is 12.8 Å². The first-order valence-corrected chi connectivity index (χ1v) is 14.3. The molecule has 0 atom stereocenters. The van der Waals surface area contributed by atoms with Gasteiger partial charge in [0.25, 0.3) is 5.91 Å². The van der Waals surface area contributed by atoms with Crippen LogP contribution < -0.4 is 5.73 Å². The van der Waals surface area contributed by atoms with Gasteiger partial charge in [-0.15, -0.1) is 11.3 Å². The van der Waals surface area contributed by atoms with Crippen LogP contribution in [0.5, 0.6) is 0 Å². The van der Waals surface area contributed by atoms with Crippen molar-refractivity contribution >= 4 is 38.2 Å². The molecule has 3 aromatic rings. The molecule has 2 fully saturated rings. The fraction of sp³-hybridized carbons (Fsp3) is 0.480. The fourth-order valence-corrected chi connectivity index (χ4v) is 7.04. The van der Waals surface area contributed by atoms with Crippen molar-refractivity contribution in [1.29, 1.82) is 0 Å². The maximum absolute atomic E-state index is 12.3. The number of nitrogens with zero attached hydrogens (tertiary/aromatic N) is 1. The predicted molar refractivity (Wildman–Crippen MR) is 134 cm³/mol. The molecule has 1 saturated heterocycles. The summed E-state index contributed by atoms with van der Waals surface area (Å²) in [5, 5.41) is 3.19. The van der Waals surface area contributed by atoms with E-state index in [1.165, 1.54) is 24.1 Å². The SMILES string of the molecule is CCS(=O)(=O)N1CCC(c2c[nH]c3c(C(N)=O)cc(-c4csc(CCC5CC5)c4)cc23)CC1. The van der Waals surface area contributed by atoms with Crippen molar-refractivity contribution in [2.24, 2.45) is 11.7 Å². The molecular formula is C25H31N3O3S2. The molecule has 1 aliphatic heterocycles. The number of hydrogen-bond donors (Lipinski definition) is 2. The number of primary amides is 1. The zero-order valence-electron chi connectivity index (χ0n) is 19.0. The van der Waals surface area contributed by atoms with Gasteiger partial charge in [0.1, 0.15) is 0 Å². The molecule has 0 spiro atoms. The second-order valence-corrected chi connectivity index (χ2v) is 12.7. The van der Waals surface area contributed by atoms with Crippen LogP contribution in [-0.4, -0.2) is 42.5 Å². The smallest absolute Gasteiger partial charge is 0.250 e. The number of carbonyl (C=O) groups excluding carboxylic acids is 1. The number of carbonyl (C=O) groups is 1. The number of benzene rings is 1. The summed E-state index contributed by atoms with van der Waals surface area (Å²) in [6.45, 7) is 2.76. The Morgan fingerprint density at radius 3 is 2.58 bits per heavy atom. The minimum atomic E-state index is -3.16. The van der Waals surface area contributed by atoms with E-state index in [9.17, 15) is 13.2 Å². The van der Waals surface area contributed by atoms with Crippen molar-refractivity contribution < 1.29 is 13.2 Å². The summed E-state index contributed by atoms with van der Waals surface area (Å²) in [5.41, 5.74) is 10.3. The highest BCUT2D eigenvalue weighted by Gasteiger charge is 2.29. The van der Waals surface area contributed by atoms with Crippen LogP contribution in [-0.2, 0) is 16.4 Å². The Morgan fingerprint density at radius 2 is 1.91 bits per heavy atom. The fourth-order valence-electron chi connectivity index (χ4n) is 5.00. The third kappa shape index (κ3) is 4.61. The van der Waals surface area contributed by atoms with Gasteiger partial charge in [-0.05, 0) is 84.7 Å². The predicted octanol–water partition coefficient (Wildman–Crippen LogP) is 4.87. The summed E-state index contributed by atoms with van der Waals surface area (Å²) in [6, 6.07) is 6.31. The van der Waals surface area contributed by atoms with Gasteiger partial charge in [-0.25, -0.2) is 12.7 Å². The van der Waals surface area contributed by atoms with Crippen molar-refractivity contribution in [2.75, 3.05) is 18.8 Å². The second-order valence-electron chi connectivity index (χ2n) is 9.41. The quantitative estimate of drug-likeness (QED) is 0.476. The summed E-state index contributed by atoms with van der Waals surface area (Å²) < 4.78 is 26.1. The Kier molecular flexibility index (Phi) is 6.09. The van der Waals surface area contributed by atoms with Crippen LogP contribution >= 0.6 is 11.3 Å². The van der Waals surface area contributed by atoms with Crippen LogP contribution in [0, 0.1) is 5.92 Å². The van der Waals surface area contributed by atoms with E-state index in [1.807, 2.05) is 12.3 Å². The highest BCUT2D eigenvalue weighted by molar-refractivity contribution is 7.89. The lowest BCUT2D eigenvalue weighted by Gasteiger charge is -2.31. The average molecular weight is 486 g/mol. The lowest BCUT2D eigenvalue weighted by atomic mass is 9.88. The molecule has 0 radical (unpaired) electrons. The van der Waals surface area contributed by atoms with Gasteiger partial charge in [-0.3, -0.25) is 4.79 Å². The normalized spacial score (nSPS) is 18.2. The monoisotopic (exact) mass is 485 g/mol. The Balaban J connectivity index is 1.45. The first-order valence-electron chi connectivity index (χ1n) is 11.9. The lowest BCUT2D eigenvalue weighted by molar-refractivity contribution is 0.100. The maximum atomic E-state index is 12.3. The van der Waals surface area contributed by atoms with E-state index < -0.39 is 15.9 Å². The molecule has 6 nitrogen and oxygen atoms in total. The molecule has 8 heteroatoms. The van der Waals surface area contributed by atoms with Gasteiger partial charge in [0.2, 0.25) is 10.0 Å². The standard InChI is InChI=1S/C25H31N3O3S2/c1-2-33(30,31)28-9-7-17(8-10-28)23-14-27-24-21(23)12-18(13-22(24)25(26)29)19-11-20(32-15-19)6-5-16-3-4-16/h11-17,27H,2-10H2,1H3,(H2,26,29). The van der Waals surface area contributed by atoms with E-state index in [2.05, 4.69) is 22.5 Å². The van der Waals surface area contributed by atoms with E-state index in [0.29, 0.717) is 18.7 Å². The molecule has 2 aromatic heterocycles. The van der Waals surface area contributed by atoms with Gasteiger partial charge >= 0.3 is 0 Å². The molecule has 1 amide bonds. The van der Waals surface area contributed by atoms with Crippen LogP contribution in [0.3, 0.4) is 0 Å². The van der Waals surface area contributed by atoms with Gasteiger partial charge in [0, 0.05) is 29.5 Å². The van der Waals surface area contributed by atoms with E-state index >= 15 is 0 Å². The van der Waals surface area contributed by atoms with Crippen LogP contribution in [0.2, 0.25) is 0 Å². The van der Waals surface area contributed by atoms with Gasteiger partial charge in [0.05, 0.1) is 16.8 Å². The molecule has 0 unspecified atom stereocenters. The second kappa shape index (κ2) is 8.89. The van der Waals surface area contributed by atoms with Crippen LogP contribution in [0.4, 0.5) is 0 Å². The minimum absolute atomic E-state index is 0.138. The molecule has 1 aliphatic carbocycles. The molecule has 1 aromatic carbocycles. The zero-order chi connectivity index (χ0) is 23.2. The van der Waals surface area contributed by atoms with Gasteiger partial charge in [0.15, 0.2) is 0 Å². The van der Waals surface area contributed by atoms with Crippen molar-refractivity contribution in [2.45, 2.75) is 51.4 Å².